The van der Waals surface area contributed by atoms with Gasteiger partial charge in [-0.25, -0.2) is 5.14 Å². The molecule has 0 spiro atoms. The molecule has 0 aromatic heterocycles. The summed E-state index contributed by atoms with van der Waals surface area (Å²) in [5.41, 5.74) is 5.97. The van der Waals surface area contributed by atoms with Gasteiger partial charge in [0.15, 0.2) is 0 Å². The van der Waals surface area contributed by atoms with Gasteiger partial charge >= 0.3 is 0 Å². The molecule has 23 heavy (non-hydrogen) atoms. The number of nitrogens with two attached hydrogens (primary N) is 2. The van der Waals surface area contributed by atoms with Crippen molar-refractivity contribution in [2.24, 2.45) is 16.8 Å². The van der Waals surface area contributed by atoms with Gasteiger partial charge < -0.3 is 11.1 Å². The Balaban J connectivity index is 2.00. The number of carbonyl (C=O) groups is 2. The van der Waals surface area contributed by atoms with Crippen LogP contribution in [0.25, 0.3) is 0 Å². The van der Waals surface area contributed by atoms with Crippen LogP contribution in [0, 0.1) is 5.92 Å². The third-order valence-electron chi connectivity index (χ3n) is 3.89. The normalized spacial score (nSPS) is 18.3. The van der Waals surface area contributed by atoms with Gasteiger partial charge in [0.25, 0.3) is 10.2 Å². The van der Waals surface area contributed by atoms with Crippen LogP contribution in [0.4, 0.5) is 0 Å². The Hall–Kier alpha value is -1.97. The van der Waals surface area contributed by atoms with Gasteiger partial charge in [0, 0.05) is 19.0 Å². The van der Waals surface area contributed by atoms with Gasteiger partial charge in [0.05, 0.1) is 0 Å². The van der Waals surface area contributed by atoms with Crippen molar-refractivity contribution in [2.45, 2.75) is 18.9 Å². The Morgan fingerprint density at radius 2 is 1.74 bits per heavy atom. The number of hydrogen-bond donors (Lipinski definition) is 3. The van der Waals surface area contributed by atoms with E-state index in [0.717, 1.165) is 4.31 Å². The van der Waals surface area contributed by atoms with Crippen LogP contribution < -0.4 is 16.2 Å². The maximum Gasteiger partial charge on any atom is 0.276 e. The monoisotopic (exact) mass is 340 g/mol. The molecule has 0 radical (unpaired) electrons. The Morgan fingerprint density at radius 3 is 2.22 bits per heavy atom. The van der Waals surface area contributed by atoms with Crippen LogP contribution in [0.3, 0.4) is 0 Å². The Morgan fingerprint density at radius 1 is 1.17 bits per heavy atom. The smallest absolute Gasteiger partial charge is 0.276 e. The molecule has 0 saturated carbocycles. The second-order valence-corrected chi connectivity index (χ2v) is 7.02. The third kappa shape index (κ3) is 4.50. The van der Waals surface area contributed by atoms with E-state index in [1.54, 1.807) is 30.3 Å². The lowest BCUT2D eigenvalue weighted by atomic mass is 9.96. The average molecular weight is 340 g/mol. The Bertz CT molecular complexity index is 669. The molecule has 2 amide bonds. The Labute approximate surface area is 135 Å². The molecule has 0 aliphatic carbocycles. The Kier molecular flexibility index (Phi) is 5.34. The fourth-order valence-corrected chi connectivity index (χ4v) is 3.32. The highest BCUT2D eigenvalue weighted by molar-refractivity contribution is 7.86. The van der Waals surface area contributed by atoms with Crippen LogP contribution in [0.1, 0.15) is 24.4 Å². The van der Waals surface area contributed by atoms with Crippen molar-refractivity contribution in [1.29, 1.82) is 0 Å². The number of primary amides is 1. The summed E-state index contributed by atoms with van der Waals surface area (Å²) in [5, 5.41) is 7.71. The molecule has 126 valence electrons. The number of rotatable bonds is 5. The molecule has 9 heteroatoms. The molecule has 0 bridgehead atoms. The first-order valence-corrected chi connectivity index (χ1v) is 8.72. The fraction of sp³-hybridized carbons (Fsp3) is 0.429. The third-order valence-corrected chi connectivity index (χ3v) is 4.97. The first-order chi connectivity index (χ1) is 10.8. The number of benzene rings is 1. The SMILES string of the molecule is NC(=O)C(NC(=O)C1CCN(S(N)(=O)=O)CC1)c1ccccc1. The van der Waals surface area contributed by atoms with E-state index in [1.807, 2.05) is 0 Å². The number of hydrogen-bond acceptors (Lipinski definition) is 4. The van der Waals surface area contributed by atoms with Gasteiger partial charge in [0.2, 0.25) is 11.8 Å². The molecule has 1 fully saturated rings. The van der Waals surface area contributed by atoms with Crippen molar-refractivity contribution in [3.05, 3.63) is 35.9 Å². The van der Waals surface area contributed by atoms with E-state index in [4.69, 9.17) is 10.9 Å². The summed E-state index contributed by atoms with van der Waals surface area (Å²) in [5.74, 6) is -1.34. The molecule has 1 aromatic carbocycles. The van der Waals surface area contributed by atoms with Crippen LogP contribution in [-0.4, -0.2) is 37.6 Å². The summed E-state index contributed by atoms with van der Waals surface area (Å²) in [6.07, 6.45) is 0.699. The lowest BCUT2D eigenvalue weighted by Crippen LogP contribution is -2.47. The summed E-state index contributed by atoms with van der Waals surface area (Å²) in [4.78, 5) is 23.9. The van der Waals surface area contributed by atoms with Crippen LogP contribution in [-0.2, 0) is 19.8 Å². The van der Waals surface area contributed by atoms with Gasteiger partial charge in [0.1, 0.15) is 6.04 Å². The first kappa shape index (κ1) is 17.4. The number of nitrogens with one attached hydrogen (secondary N) is 1. The minimum absolute atomic E-state index is 0.184. The van der Waals surface area contributed by atoms with E-state index in [2.05, 4.69) is 5.32 Å². The van der Waals surface area contributed by atoms with Crippen LogP contribution >= 0.6 is 0 Å². The summed E-state index contributed by atoms with van der Waals surface area (Å²) in [6.45, 7) is 0.368. The first-order valence-electron chi connectivity index (χ1n) is 7.21. The van der Waals surface area contributed by atoms with E-state index in [9.17, 15) is 18.0 Å². The maximum atomic E-state index is 12.3. The highest BCUT2D eigenvalue weighted by atomic mass is 32.2. The maximum absolute atomic E-state index is 12.3. The second kappa shape index (κ2) is 7.07. The molecule has 1 aromatic rings. The number of amides is 2. The van der Waals surface area contributed by atoms with E-state index in [0.29, 0.717) is 18.4 Å². The lowest BCUT2D eigenvalue weighted by molar-refractivity contribution is -0.130. The van der Waals surface area contributed by atoms with E-state index < -0.39 is 22.2 Å². The molecule has 1 heterocycles. The second-order valence-electron chi connectivity index (χ2n) is 5.47. The van der Waals surface area contributed by atoms with Gasteiger partial charge in [-0.05, 0) is 18.4 Å². The van der Waals surface area contributed by atoms with Gasteiger partial charge in [-0.15, -0.1) is 0 Å². The topological polar surface area (TPSA) is 136 Å². The molecule has 2 rings (SSSR count). The van der Waals surface area contributed by atoms with E-state index in [-0.39, 0.29) is 24.9 Å². The standard InChI is InChI=1S/C14H20N4O4S/c15-13(19)12(10-4-2-1-3-5-10)17-14(20)11-6-8-18(9-7-11)23(16,21)22/h1-5,11-12H,6-9H2,(H2,15,19)(H,17,20)(H2,16,21,22). The molecule has 5 N–H and O–H groups in total. The van der Waals surface area contributed by atoms with E-state index >= 15 is 0 Å². The molecule has 1 atom stereocenters. The van der Waals surface area contributed by atoms with E-state index in [1.165, 1.54) is 0 Å². The number of nitrogens with zero attached hydrogens (tertiary/aromatic N) is 1. The number of piperidine rings is 1. The molecule has 1 aliphatic heterocycles. The summed E-state index contributed by atoms with van der Waals surface area (Å²) in [6, 6.07) is 7.81. The fourth-order valence-electron chi connectivity index (χ4n) is 2.60. The largest absolute Gasteiger partial charge is 0.368 e. The van der Waals surface area contributed by atoms with Gasteiger partial charge in [-0.2, -0.15) is 12.7 Å². The molecule has 1 saturated heterocycles. The van der Waals surface area contributed by atoms with Crippen molar-refractivity contribution < 1.29 is 18.0 Å². The quantitative estimate of drug-likeness (QED) is 0.649. The minimum Gasteiger partial charge on any atom is -0.368 e. The zero-order valence-corrected chi connectivity index (χ0v) is 13.3. The van der Waals surface area contributed by atoms with Gasteiger partial charge in [-0.1, -0.05) is 30.3 Å². The molecular formula is C14H20N4O4S. The van der Waals surface area contributed by atoms with Crippen molar-refractivity contribution in [2.75, 3.05) is 13.1 Å². The summed E-state index contributed by atoms with van der Waals surface area (Å²) >= 11 is 0. The van der Waals surface area contributed by atoms with Crippen molar-refractivity contribution >= 4 is 22.0 Å². The predicted molar refractivity (Wildman–Crippen MR) is 83.9 cm³/mol. The zero-order valence-electron chi connectivity index (χ0n) is 12.5. The van der Waals surface area contributed by atoms with Crippen molar-refractivity contribution in [1.82, 2.24) is 9.62 Å². The average Bonchev–Trinajstić information content (AvgIpc) is 2.52. The van der Waals surface area contributed by atoms with Crippen molar-refractivity contribution in [3.8, 4) is 0 Å². The predicted octanol–water partition coefficient (Wildman–Crippen LogP) is -0.755. The summed E-state index contributed by atoms with van der Waals surface area (Å²) < 4.78 is 23.7. The van der Waals surface area contributed by atoms with Crippen LogP contribution in [0.2, 0.25) is 0 Å². The molecule has 8 nitrogen and oxygen atoms in total. The lowest BCUT2D eigenvalue weighted by Gasteiger charge is -2.29. The summed E-state index contributed by atoms with van der Waals surface area (Å²) in [7, 11) is -3.73. The van der Waals surface area contributed by atoms with Crippen LogP contribution in [0.15, 0.2) is 30.3 Å². The highest BCUT2D eigenvalue weighted by Gasteiger charge is 2.31. The highest BCUT2D eigenvalue weighted by Crippen LogP contribution is 2.20. The molecule has 1 aliphatic rings. The van der Waals surface area contributed by atoms with Crippen molar-refractivity contribution in [3.63, 3.8) is 0 Å². The molecule has 1 unspecified atom stereocenters. The van der Waals surface area contributed by atoms with Gasteiger partial charge in [-0.3, -0.25) is 9.59 Å². The minimum atomic E-state index is -3.73. The zero-order chi connectivity index (χ0) is 17.0. The molecular weight excluding hydrogens is 320 g/mol. The number of carbonyl (C=O) groups excluding carboxylic acids is 2. The van der Waals surface area contributed by atoms with Crippen LogP contribution in [0.5, 0.6) is 0 Å².